The maximum absolute atomic E-state index is 10.4. The van der Waals surface area contributed by atoms with Crippen LogP contribution in [-0.2, 0) is 11.3 Å². The van der Waals surface area contributed by atoms with Gasteiger partial charge in [0.05, 0.1) is 13.1 Å². The molecule has 0 aliphatic rings. The van der Waals surface area contributed by atoms with Gasteiger partial charge in [0.15, 0.2) is 5.82 Å². The summed E-state index contributed by atoms with van der Waals surface area (Å²) in [5, 5.41) is 12.3. The van der Waals surface area contributed by atoms with Crippen molar-refractivity contribution in [2.24, 2.45) is 0 Å². The van der Waals surface area contributed by atoms with Crippen LogP contribution in [0.4, 0.5) is 0 Å². The van der Waals surface area contributed by atoms with Gasteiger partial charge < -0.3 is 9.63 Å². The number of aromatic nitrogens is 2. The summed E-state index contributed by atoms with van der Waals surface area (Å²) >= 11 is 0. The van der Waals surface area contributed by atoms with Gasteiger partial charge >= 0.3 is 5.97 Å². The minimum atomic E-state index is -0.870. The van der Waals surface area contributed by atoms with Crippen LogP contribution in [-0.4, -0.2) is 39.7 Å². The van der Waals surface area contributed by atoms with Crippen LogP contribution in [0.15, 0.2) is 4.52 Å². The zero-order valence-electron chi connectivity index (χ0n) is 9.10. The van der Waals surface area contributed by atoms with Crippen molar-refractivity contribution in [1.82, 2.24) is 15.0 Å². The van der Waals surface area contributed by atoms with Gasteiger partial charge in [-0.15, -0.1) is 0 Å². The van der Waals surface area contributed by atoms with E-state index >= 15 is 0 Å². The summed E-state index contributed by atoms with van der Waals surface area (Å²) in [5.74, 6) is 0.414. The highest BCUT2D eigenvalue weighted by atomic mass is 16.5. The quantitative estimate of drug-likeness (QED) is 0.775. The van der Waals surface area contributed by atoms with E-state index in [1.165, 1.54) is 0 Å². The van der Waals surface area contributed by atoms with Gasteiger partial charge in [-0.05, 0) is 7.05 Å². The third-order valence-electron chi connectivity index (χ3n) is 1.79. The minimum Gasteiger partial charge on any atom is -0.480 e. The minimum absolute atomic E-state index is 0.0362. The van der Waals surface area contributed by atoms with Crippen LogP contribution in [0.2, 0.25) is 0 Å². The Morgan fingerprint density at radius 2 is 2.27 bits per heavy atom. The van der Waals surface area contributed by atoms with Gasteiger partial charge in [-0.1, -0.05) is 19.0 Å². The highest BCUT2D eigenvalue weighted by Gasteiger charge is 2.12. The molecular formula is C9H15N3O3. The summed E-state index contributed by atoms with van der Waals surface area (Å²) in [4.78, 5) is 16.2. The average Bonchev–Trinajstić information content (AvgIpc) is 2.50. The molecule has 15 heavy (non-hydrogen) atoms. The monoisotopic (exact) mass is 213 g/mol. The molecule has 0 fully saturated rings. The molecule has 0 spiro atoms. The number of carboxylic acid groups (broad SMARTS) is 1. The van der Waals surface area contributed by atoms with E-state index in [0.29, 0.717) is 18.3 Å². The van der Waals surface area contributed by atoms with Gasteiger partial charge in [-0.25, -0.2) is 0 Å². The van der Waals surface area contributed by atoms with Gasteiger partial charge in [0, 0.05) is 5.92 Å². The van der Waals surface area contributed by atoms with Gasteiger partial charge in [0.25, 0.3) is 0 Å². The number of aliphatic carboxylic acids is 1. The Hall–Kier alpha value is -1.43. The third-order valence-corrected chi connectivity index (χ3v) is 1.79. The number of hydrogen-bond donors (Lipinski definition) is 1. The highest BCUT2D eigenvalue weighted by Crippen LogP contribution is 2.11. The smallest absolute Gasteiger partial charge is 0.317 e. The predicted molar refractivity (Wildman–Crippen MR) is 52.4 cm³/mol. The van der Waals surface area contributed by atoms with Crippen LogP contribution in [0.25, 0.3) is 0 Å². The fourth-order valence-corrected chi connectivity index (χ4v) is 1.09. The molecule has 84 valence electrons. The molecule has 6 nitrogen and oxygen atoms in total. The van der Waals surface area contributed by atoms with Crippen LogP contribution in [0, 0.1) is 0 Å². The third kappa shape index (κ3) is 3.67. The second-order valence-electron chi connectivity index (χ2n) is 3.77. The molecule has 1 heterocycles. The molecule has 0 aliphatic heterocycles. The lowest BCUT2D eigenvalue weighted by Gasteiger charge is -2.09. The first-order chi connectivity index (χ1) is 6.99. The lowest BCUT2D eigenvalue weighted by Crippen LogP contribution is -2.25. The van der Waals surface area contributed by atoms with E-state index in [1.54, 1.807) is 11.9 Å². The molecule has 0 atom stereocenters. The molecule has 0 bridgehead atoms. The molecule has 1 rings (SSSR count). The first kappa shape index (κ1) is 11.6. The summed E-state index contributed by atoms with van der Waals surface area (Å²) in [6.07, 6.45) is 0. The fourth-order valence-electron chi connectivity index (χ4n) is 1.09. The maximum Gasteiger partial charge on any atom is 0.317 e. The molecule has 0 unspecified atom stereocenters. The second kappa shape index (κ2) is 4.88. The van der Waals surface area contributed by atoms with Crippen LogP contribution in [0.5, 0.6) is 0 Å². The Balaban J connectivity index is 2.53. The molecule has 1 aromatic rings. The Labute approximate surface area is 87.9 Å². The number of likely N-dealkylation sites (N-methyl/N-ethyl adjacent to an activating group) is 1. The molecule has 0 aliphatic carbocycles. The van der Waals surface area contributed by atoms with Gasteiger partial charge in [0.1, 0.15) is 0 Å². The van der Waals surface area contributed by atoms with Crippen molar-refractivity contribution in [2.45, 2.75) is 26.3 Å². The van der Waals surface area contributed by atoms with E-state index in [1.807, 2.05) is 13.8 Å². The summed E-state index contributed by atoms with van der Waals surface area (Å²) in [6, 6.07) is 0. The zero-order valence-corrected chi connectivity index (χ0v) is 9.10. The van der Waals surface area contributed by atoms with Gasteiger partial charge in [-0.3, -0.25) is 9.69 Å². The van der Waals surface area contributed by atoms with E-state index in [0.717, 1.165) is 0 Å². The fraction of sp³-hybridized carbons (Fsp3) is 0.667. The van der Waals surface area contributed by atoms with Crippen molar-refractivity contribution >= 4 is 5.97 Å². The number of hydrogen-bond acceptors (Lipinski definition) is 5. The molecule has 1 aromatic heterocycles. The Kier molecular flexibility index (Phi) is 3.79. The first-order valence-corrected chi connectivity index (χ1v) is 4.72. The second-order valence-corrected chi connectivity index (χ2v) is 3.77. The molecule has 0 amide bonds. The highest BCUT2D eigenvalue weighted by molar-refractivity contribution is 5.68. The van der Waals surface area contributed by atoms with Crippen molar-refractivity contribution in [3.8, 4) is 0 Å². The molecule has 0 radical (unpaired) electrons. The van der Waals surface area contributed by atoms with Crippen molar-refractivity contribution < 1.29 is 14.4 Å². The molecule has 0 saturated carbocycles. The normalized spacial score (nSPS) is 11.3. The Bertz CT molecular complexity index is 335. The molecule has 0 saturated heterocycles. The van der Waals surface area contributed by atoms with Crippen molar-refractivity contribution in [3.63, 3.8) is 0 Å². The van der Waals surface area contributed by atoms with Crippen LogP contribution < -0.4 is 0 Å². The lowest BCUT2D eigenvalue weighted by molar-refractivity contribution is -0.138. The standard InChI is InChI=1S/C9H15N3O3/c1-6(2)9-10-7(11-15-9)4-12(3)5-8(13)14/h6H,4-5H2,1-3H3,(H,13,14). The topological polar surface area (TPSA) is 79.5 Å². The number of rotatable bonds is 5. The summed E-state index contributed by atoms with van der Waals surface area (Å²) in [6.45, 7) is 4.25. The van der Waals surface area contributed by atoms with Gasteiger partial charge in [-0.2, -0.15) is 4.98 Å². The number of carbonyl (C=O) groups is 1. The first-order valence-electron chi connectivity index (χ1n) is 4.72. The van der Waals surface area contributed by atoms with E-state index < -0.39 is 5.97 Å². The van der Waals surface area contributed by atoms with Crippen LogP contribution in [0.1, 0.15) is 31.5 Å². The summed E-state index contributed by atoms with van der Waals surface area (Å²) < 4.78 is 5.00. The lowest BCUT2D eigenvalue weighted by atomic mass is 10.2. The number of carboxylic acids is 1. The number of nitrogens with zero attached hydrogens (tertiary/aromatic N) is 3. The molecular weight excluding hydrogens is 198 g/mol. The Morgan fingerprint density at radius 1 is 1.60 bits per heavy atom. The SMILES string of the molecule is CC(C)c1nc(CN(C)CC(=O)O)no1. The largest absolute Gasteiger partial charge is 0.480 e. The maximum atomic E-state index is 10.4. The summed E-state index contributed by atoms with van der Waals surface area (Å²) in [5.41, 5.74) is 0. The van der Waals surface area contributed by atoms with Crippen LogP contribution >= 0.6 is 0 Å². The van der Waals surface area contributed by atoms with E-state index in [2.05, 4.69) is 10.1 Å². The van der Waals surface area contributed by atoms with Gasteiger partial charge in [0.2, 0.25) is 5.89 Å². The zero-order chi connectivity index (χ0) is 11.4. The summed E-state index contributed by atoms with van der Waals surface area (Å²) in [7, 11) is 1.69. The van der Waals surface area contributed by atoms with Crippen molar-refractivity contribution in [2.75, 3.05) is 13.6 Å². The van der Waals surface area contributed by atoms with E-state index in [4.69, 9.17) is 9.63 Å². The predicted octanol–water partition coefficient (Wildman–Crippen LogP) is 0.709. The molecule has 1 N–H and O–H groups in total. The molecule has 0 aromatic carbocycles. The van der Waals surface area contributed by atoms with E-state index in [9.17, 15) is 4.79 Å². The average molecular weight is 213 g/mol. The van der Waals surface area contributed by atoms with E-state index in [-0.39, 0.29) is 12.5 Å². The van der Waals surface area contributed by atoms with Crippen molar-refractivity contribution in [3.05, 3.63) is 11.7 Å². The van der Waals surface area contributed by atoms with Crippen LogP contribution in [0.3, 0.4) is 0 Å². The Morgan fingerprint density at radius 3 is 2.73 bits per heavy atom. The molecule has 6 heteroatoms. The van der Waals surface area contributed by atoms with Crippen molar-refractivity contribution in [1.29, 1.82) is 0 Å².